The zero-order chi connectivity index (χ0) is 22.0. The van der Waals surface area contributed by atoms with Crippen LogP contribution in [0.3, 0.4) is 0 Å². The molecule has 0 saturated carbocycles. The number of carbonyl (C=O) groups excluding carboxylic acids is 2. The minimum absolute atomic E-state index is 0.435. The SMILES string of the molecule is COC(=O)/C=C/[C@@H](Cc1ccc(OCc2ccccc2)cc1)NC(=O)OC(C)(C)C. The number of hydrogen-bond acceptors (Lipinski definition) is 5. The second kappa shape index (κ2) is 11.0. The van der Waals surface area contributed by atoms with Crippen molar-refractivity contribution >= 4 is 12.1 Å². The molecule has 6 nitrogen and oxygen atoms in total. The highest BCUT2D eigenvalue weighted by Crippen LogP contribution is 2.16. The molecule has 0 fully saturated rings. The lowest BCUT2D eigenvalue weighted by Gasteiger charge is -2.22. The molecule has 160 valence electrons. The molecule has 2 aromatic rings. The third-order valence-corrected chi connectivity index (χ3v) is 4.00. The minimum Gasteiger partial charge on any atom is -0.489 e. The Labute approximate surface area is 177 Å². The molecule has 0 aliphatic rings. The van der Waals surface area contributed by atoms with Crippen LogP contribution in [-0.4, -0.2) is 30.8 Å². The molecule has 0 aliphatic carbocycles. The van der Waals surface area contributed by atoms with Crippen LogP contribution < -0.4 is 10.1 Å². The largest absolute Gasteiger partial charge is 0.489 e. The van der Waals surface area contributed by atoms with Gasteiger partial charge in [0.15, 0.2) is 0 Å². The Morgan fingerprint density at radius 3 is 2.27 bits per heavy atom. The summed E-state index contributed by atoms with van der Waals surface area (Å²) in [5.74, 6) is 0.264. The number of rotatable bonds is 8. The molecular formula is C24H29NO5. The first-order chi connectivity index (χ1) is 14.2. The Morgan fingerprint density at radius 1 is 1.00 bits per heavy atom. The van der Waals surface area contributed by atoms with E-state index in [2.05, 4.69) is 10.1 Å². The van der Waals surface area contributed by atoms with Gasteiger partial charge in [-0.1, -0.05) is 48.5 Å². The van der Waals surface area contributed by atoms with E-state index in [0.29, 0.717) is 13.0 Å². The third-order valence-electron chi connectivity index (χ3n) is 4.00. The molecule has 30 heavy (non-hydrogen) atoms. The molecule has 0 heterocycles. The summed E-state index contributed by atoms with van der Waals surface area (Å²) in [6, 6.07) is 17.1. The van der Waals surface area contributed by atoms with E-state index in [-0.39, 0.29) is 0 Å². The van der Waals surface area contributed by atoms with E-state index in [1.807, 2.05) is 54.6 Å². The molecule has 2 rings (SSSR count). The standard InChI is InChI=1S/C24H29NO5/c1-24(2,3)30-23(27)25-20(12-15-22(26)28-4)16-18-10-13-21(14-11-18)29-17-19-8-6-5-7-9-19/h5-15,20H,16-17H2,1-4H3,(H,25,27)/b15-12+/t20-/m0/s1. The highest BCUT2D eigenvalue weighted by molar-refractivity contribution is 5.82. The highest BCUT2D eigenvalue weighted by Gasteiger charge is 2.19. The van der Waals surface area contributed by atoms with Crippen LogP contribution in [0.25, 0.3) is 0 Å². The molecule has 0 aliphatic heterocycles. The van der Waals surface area contributed by atoms with Crippen LogP contribution in [0.2, 0.25) is 0 Å². The summed E-state index contributed by atoms with van der Waals surface area (Å²) in [4.78, 5) is 23.6. The van der Waals surface area contributed by atoms with Gasteiger partial charge in [-0.25, -0.2) is 9.59 Å². The second-order valence-corrected chi connectivity index (χ2v) is 7.76. The number of hydrogen-bond donors (Lipinski definition) is 1. The van der Waals surface area contributed by atoms with Crippen molar-refractivity contribution in [2.75, 3.05) is 7.11 Å². The lowest BCUT2D eigenvalue weighted by atomic mass is 10.1. The average molecular weight is 411 g/mol. The van der Waals surface area contributed by atoms with Gasteiger partial charge >= 0.3 is 12.1 Å². The van der Waals surface area contributed by atoms with Crippen molar-refractivity contribution in [2.24, 2.45) is 0 Å². The first-order valence-electron chi connectivity index (χ1n) is 9.76. The van der Waals surface area contributed by atoms with E-state index in [1.165, 1.54) is 13.2 Å². The fourth-order valence-electron chi connectivity index (χ4n) is 2.61. The molecule has 2 aromatic carbocycles. The Balaban J connectivity index is 2.00. The Kier molecular flexibility index (Phi) is 8.47. The summed E-state index contributed by atoms with van der Waals surface area (Å²) in [5, 5.41) is 2.78. The molecule has 0 unspecified atom stereocenters. The normalized spacial score (nSPS) is 12.3. The van der Waals surface area contributed by atoms with Gasteiger partial charge < -0.3 is 19.5 Å². The number of benzene rings is 2. The molecule has 1 amide bonds. The van der Waals surface area contributed by atoms with Crippen LogP contribution in [0.15, 0.2) is 66.7 Å². The van der Waals surface area contributed by atoms with Crippen LogP contribution in [0.1, 0.15) is 31.9 Å². The summed E-state index contributed by atoms with van der Waals surface area (Å²) in [6.45, 7) is 5.87. The number of amides is 1. The molecule has 1 N–H and O–H groups in total. The first-order valence-corrected chi connectivity index (χ1v) is 9.76. The zero-order valence-corrected chi connectivity index (χ0v) is 17.9. The van der Waals surface area contributed by atoms with Gasteiger partial charge in [0.1, 0.15) is 18.0 Å². The number of carbonyl (C=O) groups is 2. The smallest absolute Gasteiger partial charge is 0.408 e. The predicted molar refractivity (Wildman–Crippen MR) is 115 cm³/mol. The maximum atomic E-state index is 12.1. The molecule has 0 spiro atoms. The molecule has 1 atom stereocenters. The van der Waals surface area contributed by atoms with Crippen molar-refractivity contribution in [3.05, 3.63) is 77.9 Å². The van der Waals surface area contributed by atoms with Gasteiger partial charge in [-0.05, 0) is 50.5 Å². The van der Waals surface area contributed by atoms with E-state index in [0.717, 1.165) is 16.9 Å². The van der Waals surface area contributed by atoms with E-state index < -0.39 is 23.7 Å². The van der Waals surface area contributed by atoms with Crippen molar-refractivity contribution in [3.63, 3.8) is 0 Å². The van der Waals surface area contributed by atoms with E-state index >= 15 is 0 Å². The molecule has 0 radical (unpaired) electrons. The number of esters is 1. The van der Waals surface area contributed by atoms with Gasteiger partial charge in [-0.3, -0.25) is 0 Å². The van der Waals surface area contributed by atoms with Gasteiger partial charge in [0.2, 0.25) is 0 Å². The van der Waals surface area contributed by atoms with Crippen LogP contribution in [0.5, 0.6) is 5.75 Å². The summed E-state index contributed by atoms with van der Waals surface area (Å²) >= 11 is 0. The maximum Gasteiger partial charge on any atom is 0.408 e. The predicted octanol–water partition coefficient (Wildman–Crippen LogP) is 4.43. The fourth-order valence-corrected chi connectivity index (χ4v) is 2.61. The van der Waals surface area contributed by atoms with Crippen molar-refractivity contribution in [1.82, 2.24) is 5.32 Å². The Morgan fingerprint density at radius 2 is 1.67 bits per heavy atom. The summed E-state index contributed by atoms with van der Waals surface area (Å²) < 4.78 is 15.7. The molecule has 0 saturated heterocycles. The van der Waals surface area contributed by atoms with Crippen LogP contribution in [0.4, 0.5) is 4.79 Å². The molecular weight excluding hydrogens is 382 g/mol. The van der Waals surface area contributed by atoms with Crippen molar-refractivity contribution in [3.8, 4) is 5.75 Å². The monoisotopic (exact) mass is 411 g/mol. The topological polar surface area (TPSA) is 73.9 Å². The van der Waals surface area contributed by atoms with E-state index in [4.69, 9.17) is 9.47 Å². The summed E-state index contributed by atoms with van der Waals surface area (Å²) in [6.07, 6.45) is 2.81. The minimum atomic E-state index is -0.613. The summed E-state index contributed by atoms with van der Waals surface area (Å²) in [7, 11) is 1.30. The van der Waals surface area contributed by atoms with Crippen LogP contribution in [-0.2, 0) is 27.3 Å². The van der Waals surface area contributed by atoms with Gasteiger partial charge in [0.25, 0.3) is 0 Å². The maximum absolute atomic E-state index is 12.1. The van der Waals surface area contributed by atoms with Crippen molar-refractivity contribution in [1.29, 1.82) is 0 Å². The highest BCUT2D eigenvalue weighted by atomic mass is 16.6. The zero-order valence-electron chi connectivity index (χ0n) is 17.9. The van der Waals surface area contributed by atoms with Gasteiger partial charge in [-0.2, -0.15) is 0 Å². The number of alkyl carbamates (subject to hydrolysis) is 1. The summed E-state index contributed by atoms with van der Waals surface area (Å²) in [5.41, 5.74) is 1.45. The first kappa shape index (κ1) is 23.0. The molecule has 0 aromatic heterocycles. The average Bonchev–Trinajstić information content (AvgIpc) is 2.70. The quantitative estimate of drug-likeness (QED) is 0.514. The number of methoxy groups -OCH3 is 1. The van der Waals surface area contributed by atoms with E-state index in [1.54, 1.807) is 26.8 Å². The Hall–Kier alpha value is -3.28. The Bertz CT molecular complexity index is 838. The van der Waals surface area contributed by atoms with E-state index in [9.17, 15) is 9.59 Å². The van der Waals surface area contributed by atoms with Crippen LogP contribution >= 0.6 is 0 Å². The number of ether oxygens (including phenoxy) is 3. The lowest BCUT2D eigenvalue weighted by molar-refractivity contribution is -0.134. The lowest BCUT2D eigenvalue weighted by Crippen LogP contribution is -2.39. The fraction of sp³-hybridized carbons (Fsp3) is 0.333. The van der Waals surface area contributed by atoms with Gasteiger partial charge in [-0.15, -0.1) is 0 Å². The van der Waals surface area contributed by atoms with Gasteiger partial charge in [0.05, 0.1) is 13.2 Å². The van der Waals surface area contributed by atoms with Crippen molar-refractivity contribution in [2.45, 2.75) is 45.4 Å². The van der Waals surface area contributed by atoms with Crippen molar-refractivity contribution < 1.29 is 23.8 Å². The second-order valence-electron chi connectivity index (χ2n) is 7.76. The number of nitrogens with one attached hydrogen (secondary N) is 1. The molecule has 6 heteroatoms. The van der Waals surface area contributed by atoms with Crippen LogP contribution in [0, 0.1) is 0 Å². The van der Waals surface area contributed by atoms with Gasteiger partial charge in [0, 0.05) is 6.08 Å². The third kappa shape index (κ3) is 8.82. The molecule has 0 bridgehead atoms.